The average Bonchev–Trinajstić information content (AvgIpc) is 3.72. The van der Waals surface area contributed by atoms with Crippen LogP contribution in [0.4, 0.5) is 0 Å². The molecule has 10 nitrogen and oxygen atoms in total. The normalized spacial score (nSPS) is 33.5. The summed E-state index contributed by atoms with van der Waals surface area (Å²) in [5.41, 5.74) is 0.389. The van der Waals surface area contributed by atoms with Gasteiger partial charge in [-0.2, -0.15) is 11.8 Å². The van der Waals surface area contributed by atoms with Crippen LogP contribution in [0.25, 0.3) is 0 Å². The van der Waals surface area contributed by atoms with Gasteiger partial charge in [-0.3, -0.25) is 14.4 Å². The zero-order valence-electron chi connectivity index (χ0n) is 26.6. The lowest BCUT2D eigenvalue weighted by atomic mass is 9.87. The van der Waals surface area contributed by atoms with Gasteiger partial charge in [-0.15, -0.1) is 0 Å². The van der Waals surface area contributed by atoms with Crippen LogP contribution in [-0.2, 0) is 33.3 Å². The molecule has 3 heterocycles. The molecule has 0 radical (unpaired) electrons. The molecule has 0 aromatic heterocycles. The minimum Gasteiger partial charge on any atom is -0.459 e. The van der Waals surface area contributed by atoms with Gasteiger partial charge in [-0.1, -0.05) is 30.7 Å². The molecule has 0 bridgehead atoms. The van der Waals surface area contributed by atoms with Crippen molar-refractivity contribution in [3.8, 4) is 0 Å². The minimum atomic E-state index is -0.786. The van der Waals surface area contributed by atoms with Crippen molar-refractivity contribution in [2.24, 2.45) is 5.92 Å². The number of thioether (sulfide) groups is 1. The number of aliphatic hydroxyl groups is 1. The average molecular weight is 623 g/mol. The van der Waals surface area contributed by atoms with Crippen LogP contribution in [0.3, 0.4) is 0 Å². The number of esters is 1. The summed E-state index contributed by atoms with van der Waals surface area (Å²) in [6.07, 6.45) is 10.9. The van der Waals surface area contributed by atoms with E-state index in [1.807, 2.05) is 39.3 Å². The van der Waals surface area contributed by atoms with Crippen LogP contribution in [0.15, 0.2) is 36.0 Å². The highest BCUT2D eigenvalue weighted by Gasteiger charge is 2.58. The van der Waals surface area contributed by atoms with Crippen LogP contribution in [0.2, 0.25) is 0 Å². The summed E-state index contributed by atoms with van der Waals surface area (Å²) in [4.78, 5) is 37.9. The second-order valence-electron chi connectivity index (χ2n) is 12.2. The first-order valence-corrected chi connectivity index (χ1v) is 16.6. The number of nitrogens with one attached hydrogen (secondary N) is 1. The Bertz CT molecular complexity index is 1060. The summed E-state index contributed by atoms with van der Waals surface area (Å²) in [7, 11) is 1.81. The van der Waals surface area contributed by atoms with Crippen molar-refractivity contribution in [2.45, 2.75) is 109 Å². The number of hydrogen-bond donors (Lipinski definition) is 2. The molecule has 1 unspecified atom stereocenters. The Morgan fingerprint density at radius 1 is 1.21 bits per heavy atom. The van der Waals surface area contributed by atoms with Gasteiger partial charge in [-0.05, 0) is 51.9 Å². The van der Waals surface area contributed by atoms with Crippen LogP contribution in [-0.4, -0.2) is 108 Å². The molecule has 1 spiro atoms. The van der Waals surface area contributed by atoms with Crippen LogP contribution in [0.5, 0.6) is 0 Å². The highest BCUT2D eigenvalue weighted by atomic mass is 32.2. The Morgan fingerprint density at radius 3 is 2.58 bits per heavy atom. The molecule has 3 fully saturated rings. The van der Waals surface area contributed by atoms with E-state index in [1.54, 1.807) is 29.7 Å². The standard InChI is InChI=1S/C32H50N2O8S/c1-20(8-11-27-21(2)16-26(23(4)41-27)33-29(36)13-10-22(3)40-24(5)35)9-12-28-31(38)32(19-39-32)18-25(42-28)17-30(37)34(6)14-15-43-7/h8-10,12-13,21-23,25-28,31,38H,11,14-19H2,1-7H3,(H,33,36)/b12-9+,13-10-,20-8+/t21-,22-,23+,25+,26+,27-,28+,31+,32?/m0/s1. The number of allylic oxidation sites excluding steroid dienone is 2. The molecule has 2 amide bonds. The summed E-state index contributed by atoms with van der Waals surface area (Å²) in [6, 6.07) is -0.121. The number of aliphatic hydroxyl groups excluding tert-OH is 1. The monoisotopic (exact) mass is 622 g/mol. The molecule has 3 rings (SSSR count). The first kappa shape index (κ1) is 35.3. The second-order valence-corrected chi connectivity index (χ2v) is 13.1. The van der Waals surface area contributed by atoms with E-state index in [2.05, 4.69) is 18.3 Å². The molecule has 3 saturated heterocycles. The lowest BCUT2D eigenvalue weighted by Gasteiger charge is -2.39. The third-order valence-electron chi connectivity index (χ3n) is 8.38. The predicted octanol–water partition coefficient (Wildman–Crippen LogP) is 3.18. The second kappa shape index (κ2) is 16.2. The largest absolute Gasteiger partial charge is 0.459 e. The number of carbonyl (C=O) groups is 3. The van der Waals surface area contributed by atoms with E-state index in [-0.39, 0.29) is 48.5 Å². The first-order valence-electron chi connectivity index (χ1n) is 15.2. The molecule has 9 atom stereocenters. The van der Waals surface area contributed by atoms with Crippen LogP contribution in [0.1, 0.15) is 60.3 Å². The summed E-state index contributed by atoms with van der Waals surface area (Å²) in [5.74, 6) is 0.504. The van der Waals surface area contributed by atoms with Crippen molar-refractivity contribution >= 4 is 29.5 Å². The molecule has 11 heteroatoms. The van der Waals surface area contributed by atoms with E-state index in [4.69, 9.17) is 18.9 Å². The number of epoxide rings is 1. The Labute approximate surface area is 260 Å². The van der Waals surface area contributed by atoms with Gasteiger partial charge in [-0.25, -0.2) is 0 Å². The Morgan fingerprint density at radius 2 is 1.93 bits per heavy atom. The minimum absolute atomic E-state index is 0.00387. The molecular formula is C32H50N2O8S. The highest BCUT2D eigenvalue weighted by Crippen LogP contribution is 2.43. The quantitative estimate of drug-likeness (QED) is 0.138. The Balaban J connectivity index is 1.50. The molecule has 0 aromatic carbocycles. The first-order chi connectivity index (χ1) is 20.3. The van der Waals surface area contributed by atoms with Crippen LogP contribution in [0, 0.1) is 5.92 Å². The van der Waals surface area contributed by atoms with E-state index in [0.717, 1.165) is 17.7 Å². The van der Waals surface area contributed by atoms with Crippen molar-refractivity contribution in [2.75, 3.05) is 32.2 Å². The Hall–Kier alpha value is -2.18. The number of carbonyl (C=O) groups excluding carboxylic acids is 3. The van der Waals surface area contributed by atoms with Gasteiger partial charge in [0.25, 0.3) is 0 Å². The third kappa shape index (κ3) is 10.7. The van der Waals surface area contributed by atoms with Crippen LogP contribution < -0.4 is 5.32 Å². The topological polar surface area (TPSA) is 127 Å². The SMILES string of the molecule is CSCCN(C)C(=O)C[C@@H]1CC2(CO2)[C@H](O)[C@@H](/C=C/C(C)=C/C[C@@H]2O[C@H](C)[C@H](NC(=O)/C=C\[C@H](C)OC(C)=O)C[C@@H]2C)O1. The zero-order chi connectivity index (χ0) is 31.7. The van der Waals surface area contributed by atoms with Gasteiger partial charge in [0.2, 0.25) is 11.8 Å². The van der Waals surface area contributed by atoms with Crippen molar-refractivity contribution in [1.82, 2.24) is 10.2 Å². The summed E-state index contributed by atoms with van der Waals surface area (Å²) in [5, 5.41) is 13.9. The molecule has 2 N–H and O–H groups in total. The van der Waals surface area contributed by atoms with E-state index in [9.17, 15) is 19.5 Å². The van der Waals surface area contributed by atoms with Gasteiger partial charge in [0.05, 0.1) is 37.4 Å². The fourth-order valence-electron chi connectivity index (χ4n) is 5.59. The van der Waals surface area contributed by atoms with Crippen molar-refractivity contribution in [3.63, 3.8) is 0 Å². The number of rotatable bonds is 13. The maximum Gasteiger partial charge on any atom is 0.303 e. The number of nitrogens with zero attached hydrogens (tertiary/aromatic N) is 1. The molecule has 0 saturated carbocycles. The molecule has 0 aromatic rings. The summed E-state index contributed by atoms with van der Waals surface area (Å²) < 4.78 is 23.2. The van der Waals surface area contributed by atoms with Gasteiger partial charge in [0.1, 0.15) is 23.9 Å². The fraction of sp³-hybridized carbons (Fsp3) is 0.719. The Kier molecular flexibility index (Phi) is 13.3. The predicted molar refractivity (Wildman–Crippen MR) is 167 cm³/mol. The highest BCUT2D eigenvalue weighted by molar-refractivity contribution is 7.98. The van der Waals surface area contributed by atoms with E-state index < -0.39 is 29.9 Å². The molecule has 3 aliphatic rings. The lowest BCUT2D eigenvalue weighted by molar-refractivity contribution is -0.150. The lowest BCUT2D eigenvalue weighted by Crippen LogP contribution is -2.51. The van der Waals surface area contributed by atoms with Crippen molar-refractivity contribution in [3.05, 3.63) is 36.0 Å². The molecule has 43 heavy (non-hydrogen) atoms. The number of ether oxygens (including phenoxy) is 4. The smallest absolute Gasteiger partial charge is 0.303 e. The van der Waals surface area contributed by atoms with Gasteiger partial charge in [0.15, 0.2) is 0 Å². The van der Waals surface area contributed by atoms with E-state index in [0.29, 0.717) is 26.0 Å². The maximum absolute atomic E-state index is 12.7. The molecule has 242 valence electrons. The van der Waals surface area contributed by atoms with Gasteiger partial charge >= 0.3 is 5.97 Å². The van der Waals surface area contributed by atoms with E-state index in [1.165, 1.54) is 13.0 Å². The third-order valence-corrected chi connectivity index (χ3v) is 8.97. The molecule has 3 aliphatic heterocycles. The molecule has 0 aliphatic carbocycles. The van der Waals surface area contributed by atoms with Crippen molar-refractivity contribution < 1.29 is 38.4 Å². The summed E-state index contributed by atoms with van der Waals surface area (Å²) in [6.45, 7) is 10.3. The number of hydrogen-bond acceptors (Lipinski definition) is 9. The van der Waals surface area contributed by atoms with Crippen molar-refractivity contribution in [1.29, 1.82) is 0 Å². The van der Waals surface area contributed by atoms with E-state index >= 15 is 0 Å². The van der Waals surface area contributed by atoms with Crippen LogP contribution >= 0.6 is 11.8 Å². The maximum atomic E-state index is 12.7. The zero-order valence-corrected chi connectivity index (χ0v) is 27.4. The van der Waals surface area contributed by atoms with Gasteiger partial charge < -0.3 is 34.3 Å². The van der Waals surface area contributed by atoms with Gasteiger partial charge in [0, 0.05) is 38.8 Å². The number of amides is 2. The fourth-order valence-corrected chi connectivity index (χ4v) is 6.05. The molecular weight excluding hydrogens is 572 g/mol. The summed E-state index contributed by atoms with van der Waals surface area (Å²) >= 11 is 1.70.